The number of methoxy groups -OCH3 is 2. The Bertz CT molecular complexity index is 961. The summed E-state index contributed by atoms with van der Waals surface area (Å²) in [6.45, 7) is 7.41. The molecule has 0 amide bonds. The first-order valence-electron chi connectivity index (χ1n) is 9.72. The molecule has 0 aliphatic carbocycles. The highest BCUT2D eigenvalue weighted by atomic mass is 32.1. The zero-order valence-electron chi connectivity index (χ0n) is 17.2. The maximum absolute atomic E-state index is 5.99. The molecule has 1 aliphatic rings. The van der Waals surface area contributed by atoms with Gasteiger partial charge in [-0.2, -0.15) is 0 Å². The number of ether oxygens (including phenoxy) is 3. The van der Waals surface area contributed by atoms with Gasteiger partial charge in [0.1, 0.15) is 21.8 Å². The molecule has 8 heteroatoms. The maximum Gasteiger partial charge on any atom is 0.258 e. The van der Waals surface area contributed by atoms with E-state index in [-0.39, 0.29) is 6.10 Å². The third kappa shape index (κ3) is 4.17. The maximum atomic E-state index is 5.99. The zero-order chi connectivity index (χ0) is 20.4. The number of hydrogen-bond donors (Lipinski definition) is 0. The summed E-state index contributed by atoms with van der Waals surface area (Å²) >= 11 is 1.60. The molecule has 3 aromatic rings. The number of aromatic nitrogens is 2. The van der Waals surface area contributed by atoms with Crippen LogP contribution in [0.4, 0.5) is 11.5 Å². The summed E-state index contributed by atoms with van der Waals surface area (Å²) < 4.78 is 16.8. The van der Waals surface area contributed by atoms with Crippen LogP contribution >= 0.6 is 11.3 Å². The summed E-state index contributed by atoms with van der Waals surface area (Å²) in [4.78, 5) is 15.1. The predicted octanol–water partition coefficient (Wildman–Crippen LogP) is 3.82. The Morgan fingerprint density at radius 1 is 0.931 bits per heavy atom. The van der Waals surface area contributed by atoms with E-state index in [9.17, 15) is 0 Å². The molecule has 0 radical (unpaired) electrons. The highest BCUT2D eigenvalue weighted by Crippen LogP contribution is 2.33. The third-order valence-corrected chi connectivity index (χ3v) is 5.67. The molecule has 0 saturated carbocycles. The standard InChI is InChI=1S/C21H26N4O3S/c1-14(2)28-20-19(23-21-18(22-20)5-10-29-21)25-8-6-24(7-9-25)15-11-16(26-3)13-17(12-15)27-4/h5,10-14H,6-9H2,1-4H3. The number of hydrogen-bond acceptors (Lipinski definition) is 8. The number of rotatable bonds is 6. The highest BCUT2D eigenvalue weighted by molar-refractivity contribution is 7.16. The van der Waals surface area contributed by atoms with Crippen LogP contribution in [0.5, 0.6) is 17.4 Å². The molecule has 0 spiro atoms. The van der Waals surface area contributed by atoms with Crippen LogP contribution in [-0.4, -0.2) is 56.5 Å². The van der Waals surface area contributed by atoms with Gasteiger partial charge in [0.2, 0.25) is 0 Å². The molecule has 1 aliphatic heterocycles. The van der Waals surface area contributed by atoms with Gasteiger partial charge in [-0.25, -0.2) is 9.97 Å². The van der Waals surface area contributed by atoms with Crippen molar-refractivity contribution < 1.29 is 14.2 Å². The van der Waals surface area contributed by atoms with Gasteiger partial charge in [0.15, 0.2) is 5.82 Å². The molecule has 0 unspecified atom stereocenters. The molecule has 7 nitrogen and oxygen atoms in total. The van der Waals surface area contributed by atoms with Crippen LogP contribution in [-0.2, 0) is 0 Å². The molecule has 3 heterocycles. The molecule has 1 aromatic carbocycles. The first-order chi connectivity index (χ1) is 14.1. The van der Waals surface area contributed by atoms with Crippen molar-refractivity contribution in [2.24, 2.45) is 0 Å². The minimum Gasteiger partial charge on any atom is -0.497 e. The summed E-state index contributed by atoms with van der Waals surface area (Å²) in [5.74, 6) is 3.03. The second-order valence-electron chi connectivity index (χ2n) is 7.17. The number of thiophene rings is 1. The van der Waals surface area contributed by atoms with E-state index in [1.54, 1.807) is 25.6 Å². The molecule has 1 fully saturated rings. The molecular formula is C21H26N4O3S. The van der Waals surface area contributed by atoms with E-state index < -0.39 is 0 Å². The Morgan fingerprint density at radius 2 is 1.59 bits per heavy atom. The predicted molar refractivity (Wildman–Crippen MR) is 117 cm³/mol. The van der Waals surface area contributed by atoms with Crippen molar-refractivity contribution in [3.8, 4) is 17.4 Å². The van der Waals surface area contributed by atoms with Gasteiger partial charge >= 0.3 is 0 Å². The van der Waals surface area contributed by atoms with Crippen molar-refractivity contribution in [1.82, 2.24) is 9.97 Å². The van der Waals surface area contributed by atoms with Crippen LogP contribution < -0.4 is 24.0 Å². The third-order valence-electron chi connectivity index (χ3n) is 4.87. The quantitative estimate of drug-likeness (QED) is 0.608. The Hall–Kier alpha value is -2.74. The number of benzene rings is 1. The fraction of sp³-hybridized carbons (Fsp3) is 0.429. The van der Waals surface area contributed by atoms with E-state index in [2.05, 4.69) is 9.80 Å². The van der Waals surface area contributed by atoms with Crippen LogP contribution in [0.3, 0.4) is 0 Å². The van der Waals surface area contributed by atoms with Gasteiger partial charge in [0, 0.05) is 50.1 Å². The van der Waals surface area contributed by atoms with Crippen molar-refractivity contribution >= 4 is 33.2 Å². The van der Waals surface area contributed by atoms with Gasteiger partial charge in [-0.15, -0.1) is 11.3 Å². The smallest absolute Gasteiger partial charge is 0.258 e. The molecule has 4 rings (SSSR count). The molecular weight excluding hydrogens is 388 g/mol. The average Bonchev–Trinajstić information content (AvgIpc) is 3.20. The van der Waals surface area contributed by atoms with Crippen LogP contribution in [0.2, 0.25) is 0 Å². The van der Waals surface area contributed by atoms with Crippen molar-refractivity contribution in [2.45, 2.75) is 20.0 Å². The van der Waals surface area contributed by atoms with Gasteiger partial charge in [-0.05, 0) is 25.3 Å². The zero-order valence-corrected chi connectivity index (χ0v) is 18.0. The average molecular weight is 415 g/mol. The fourth-order valence-electron chi connectivity index (χ4n) is 3.43. The summed E-state index contributed by atoms with van der Waals surface area (Å²) in [6.07, 6.45) is 0.0460. The fourth-order valence-corrected chi connectivity index (χ4v) is 4.13. The lowest BCUT2D eigenvalue weighted by molar-refractivity contribution is 0.233. The number of piperazine rings is 1. The number of fused-ring (bicyclic) bond motifs is 1. The Kier molecular flexibility index (Phi) is 5.62. The number of nitrogens with zero attached hydrogens (tertiary/aromatic N) is 4. The van der Waals surface area contributed by atoms with E-state index in [1.807, 2.05) is 43.5 Å². The Balaban J connectivity index is 1.55. The summed E-state index contributed by atoms with van der Waals surface area (Å²) in [7, 11) is 3.35. The Morgan fingerprint density at radius 3 is 2.21 bits per heavy atom. The summed E-state index contributed by atoms with van der Waals surface area (Å²) in [5.41, 5.74) is 1.98. The Labute approximate surface area is 174 Å². The largest absolute Gasteiger partial charge is 0.497 e. The van der Waals surface area contributed by atoms with Gasteiger partial charge < -0.3 is 24.0 Å². The van der Waals surface area contributed by atoms with Crippen LogP contribution in [0.15, 0.2) is 29.6 Å². The van der Waals surface area contributed by atoms with Crippen molar-refractivity contribution in [3.05, 3.63) is 29.6 Å². The van der Waals surface area contributed by atoms with Crippen molar-refractivity contribution in [1.29, 1.82) is 0 Å². The molecule has 0 N–H and O–H groups in total. The topological polar surface area (TPSA) is 60.0 Å². The second-order valence-corrected chi connectivity index (χ2v) is 8.07. The van der Waals surface area contributed by atoms with Gasteiger partial charge in [0.05, 0.1) is 20.3 Å². The molecule has 0 atom stereocenters. The van der Waals surface area contributed by atoms with E-state index in [4.69, 9.17) is 24.2 Å². The van der Waals surface area contributed by atoms with Gasteiger partial charge in [-0.3, -0.25) is 0 Å². The van der Waals surface area contributed by atoms with E-state index >= 15 is 0 Å². The lowest BCUT2D eigenvalue weighted by Gasteiger charge is -2.37. The molecule has 1 saturated heterocycles. The minimum atomic E-state index is 0.0460. The van der Waals surface area contributed by atoms with Gasteiger partial charge in [0.25, 0.3) is 5.88 Å². The summed E-state index contributed by atoms with van der Waals surface area (Å²) in [6, 6.07) is 7.96. The minimum absolute atomic E-state index is 0.0460. The monoisotopic (exact) mass is 414 g/mol. The van der Waals surface area contributed by atoms with Crippen molar-refractivity contribution in [2.75, 3.05) is 50.2 Å². The first kappa shape index (κ1) is 19.6. The van der Waals surface area contributed by atoms with E-state index in [0.29, 0.717) is 5.88 Å². The van der Waals surface area contributed by atoms with E-state index in [1.165, 1.54) is 0 Å². The first-order valence-corrected chi connectivity index (χ1v) is 10.6. The van der Waals surface area contributed by atoms with Crippen LogP contribution in [0, 0.1) is 0 Å². The lowest BCUT2D eigenvalue weighted by Crippen LogP contribution is -2.47. The van der Waals surface area contributed by atoms with E-state index in [0.717, 1.165) is 59.5 Å². The number of anilines is 2. The normalized spacial score (nSPS) is 14.5. The van der Waals surface area contributed by atoms with Crippen LogP contribution in [0.25, 0.3) is 10.3 Å². The molecule has 154 valence electrons. The molecule has 2 aromatic heterocycles. The lowest BCUT2D eigenvalue weighted by atomic mass is 10.2. The molecule has 0 bridgehead atoms. The highest BCUT2D eigenvalue weighted by Gasteiger charge is 2.24. The van der Waals surface area contributed by atoms with Gasteiger partial charge in [-0.1, -0.05) is 0 Å². The van der Waals surface area contributed by atoms with Crippen LogP contribution in [0.1, 0.15) is 13.8 Å². The second kappa shape index (κ2) is 8.32. The molecule has 29 heavy (non-hydrogen) atoms. The SMILES string of the molecule is COc1cc(OC)cc(N2CCN(c3nc4sccc4nc3OC(C)C)CC2)c1. The summed E-state index contributed by atoms with van der Waals surface area (Å²) in [5, 5.41) is 2.02. The van der Waals surface area contributed by atoms with Crippen molar-refractivity contribution in [3.63, 3.8) is 0 Å².